The highest BCUT2D eigenvalue weighted by Crippen LogP contribution is 2.40. The lowest BCUT2D eigenvalue weighted by molar-refractivity contribution is 0.0106. The van der Waals surface area contributed by atoms with Crippen molar-refractivity contribution in [3.8, 4) is 0 Å². The van der Waals surface area contributed by atoms with Crippen molar-refractivity contribution < 1.29 is 8.92 Å². The Kier molecular flexibility index (Phi) is 10.9. The first kappa shape index (κ1) is 27.2. The second kappa shape index (κ2) is 14.8. The molecule has 0 aliphatic heterocycles. The molecule has 192 valence electrons. The lowest BCUT2D eigenvalue weighted by Crippen LogP contribution is -2.33. The van der Waals surface area contributed by atoms with Crippen LogP contribution in [-0.2, 0) is 14.5 Å². The SMILES string of the molecule is Cc1ccccc1SOCCCCCCCCOC(c1ccccc1)(c1ccccc1)c1ccccc1. The van der Waals surface area contributed by atoms with Gasteiger partial charge >= 0.3 is 0 Å². The van der Waals surface area contributed by atoms with Gasteiger partial charge in [0.2, 0.25) is 0 Å². The van der Waals surface area contributed by atoms with Crippen molar-refractivity contribution >= 4 is 12.0 Å². The molecule has 0 saturated carbocycles. The van der Waals surface area contributed by atoms with Crippen molar-refractivity contribution in [1.29, 1.82) is 0 Å². The van der Waals surface area contributed by atoms with Crippen molar-refractivity contribution in [2.24, 2.45) is 0 Å². The van der Waals surface area contributed by atoms with Gasteiger partial charge in [0.15, 0.2) is 0 Å². The van der Waals surface area contributed by atoms with Crippen LogP contribution in [0.5, 0.6) is 0 Å². The zero-order chi connectivity index (χ0) is 25.6. The number of unbranched alkanes of at least 4 members (excludes halogenated alkanes) is 5. The second-order valence-electron chi connectivity index (χ2n) is 9.42. The Morgan fingerprint density at radius 2 is 0.946 bits per heavy atom. The van der Waals surface area contributed by atoms with Crippen LogP contribution in [0.4, 0.5) is 0 Å². The summed E-state index contributed by atoms with van der Waals surface area (Å²) in [6.45, 7) is 3.64. The molecule has 0 saturated heterocycles. The zero-order valence-electron chi connectivity index (χ0n) is 21.9. The summed E-state index contributed by atoms with van der Waals surface area (Å²) in [4.78, 5) is 1.21. The van der Waals surface area contributed by atoms with Gasteiger partial charge in [0.1, 0.15) is 5.60 Å². The lowest BCUT2D eigenvalue weighted by Gasteiger charge is -2.36. The largest absolute Gasteiger partial charge is 0.361 e. The van der Waals surface area contributed by atoms with Crippen LogP contribution in [0.25, 0.3) is 0 Å². The van der Waals surface area contributed by atoms with Crippen LogP contribution in [0.3, 0.4) is 0 Å². The minimum atomic E-state index is -0.615. The van der Waals surface area contributed by atoms with Gasteiger partial charge in [0, 0.05) is 23.5 Å². The maximum atomic E-state index is 6.88. The molecule has 4 aromatic carbocycles. The van der Waals surface area contributed by atoms with Gasteiger partial charge in [-0.05, 0) is 48.1 Å². The van der Waals surface area contributed by atoms with Gasteiger partial charge in [-0.25, -0.2) is 0 Å². The number of hydrogen-bond donors (Lipinski definition) is 0. The molecule has 37 heavy (non-hydrogen) atoms. The molecule has 0 fully saturated rings. The van der Waals surface area contributed by atoms with E-state index < -0.39 is 5.60 Å². The Morgan fingerprint density at radius 1 is 0.514 bits per heavy atom. The molecular weight excluding hydrogens is 472 g/mol. The summed E-state index contributed by atoms with van der Waals surface area (Å²) in [6, 6.07) is 40.2. The zero-order valence-corrected chi connectivity index (χ0v) is 22.7. The van der Waals surface area contributed by atoms with Gasteiger partial charge < -0.3 is 8.92 Å². The standard InChI is InChI=1S/C34H38O2S/c1-29-19-15-16-26-33(29)37-36-28-18-5-3-2-4-17-27-35-34(30-20-9-6-10-21-30,31-22-11-7-12-23-31)32-24-13-8-14-25-32/h6-16,19-26H,2-5,17-18,27-28H2,1H3. The Labute approximate surface area is 227 Å². The van der Waals surface area contributed by atoms with E-state index in [9.17, 15) is 0 Å². The minimum Gasteiger partial charge on any atom is -0.361 e. The fourth-order valence-electron chi connectivity index (χ4n) is 4.72. The summed E-state index contributed by atoms with van der Waals surface area (Å²) in [7, 11) is 0. The van der Waals surface area contributed by atoms with Gasteiger partial charge in [-0.3, -0.25) is 0 Å². The van der Waals surface area contributed by atoms with Gasteiger partial charge in [-0.2, -0.15) is 0 Å². The molecule has 0 unspecified atom stereocenters. The molecule has 2 nitrogen and oxygen atoms in total. The second-order valence-corrected chi connectivity index (χ2v) is 10.3. The van der Waals surface area contributed by atoms with Crippen LogP contribution in [0, 0.1) is 6.92 Å². The molecule has 0 bridgehead atoms. The highest BCUT2D eigenvalue weighted by atomic mass is 32.2. The van der Waals surface area contributed by atoms with Gasteiger partial charge in [-0.15, -0.1) is 0 Å². The van der Waals surface area contributed by atoms with Crippen LogP contribution in [0.1, 0.15) is 60.8 Å². The molecule has 0 radical (unpaired) electrons. The van der Waals surface area contributed by atoms with Crippen molar-refractivity contribution in [3.63, 3.8) is 0 Å². The predicted molar refractivity (Wildman–Crippen MR) is 156 cm³/mol. The first-order chi connectivity index (χ1) is 18.3. The quantitative estimate of drug-likeness (QED) is 0.0901. The first-order valence-electron chi connectivity index (χ1n) is 13.5. The summed E-state index contributed by atoms with van der Waals surface area (Å²) in [5.74, 6) is 0. The molecule has 0 aliphatic carbocycles. The molecule has 0 atom stereocenters. The third-order valence-electron chi connectivity index (χ3n) is 6.72. The molecule has 0 N–H and O–H groups in total. The summed E-state index contributed by atoms with van der Waals surface area (Å²) in [5, 5.41) is 0. The lowest BCUT2D eigenvalue weighted by atomic mass is 9.80. The Morgan fingerprint density at radius 3 is 1.46 bits per heavy atom. The van der Waals surface area contributed by atoms with Crippen LogP contribution < -0.4 is 0 Å². The highest BCUT2D eigenvalue weighted by molar-refractivity contribution is 7.94. The summed E-state index contributed by atoms with van der Waals surface area (Å²) in [5.41, 5.74) is 4.14. The molecule has 0 aliphatic rings. The van der Waals surface area contributed by atoms with Crippen LogP contribution >= 0.6 is 12.0 Å². The van der Waals surface area contributed by atoms with Gasteiger partial charge in [0.25, 0.3) is 0 Å². The van der Waals surface area contributed by atoms with Crippen molar-refractivity contribution in [3.05, 3.63) is 138 Å². The van der Waals surface area contributed by atoms with E-state index in [4.69, 9.17) is 8.92 Å². The Hall–Kier alpha value is -2.85. The van der Waals surface area contributed by atoms with Crippen molar-refractivity contribution in [2.75, 3.05) is 13.2 Å². The third-order valence-corrected chi connectivity index (χ3v) is 7.65. The van der Waals surface area contributed by atoms with E-state index in [1.54, 1.807) is 0 Å². The van der Waals surface area contributed by atoms with Gasteiger partial charge in [0.05, 0.1) is 6.61 Å². The monoisotopic (exact) mass is 510 g/mol. The van der Waals surface area contributed by atoms with E-state index >= 15 is 0 Å². The molecular formula is C34H38O2S. The first-order valence-corrected chi connectivity index (χ1v) is 14.2. The number of rotatable bonds is 15. The van der Waals surface area contributed by atoms with E-state index in [1.807, 2.05) is 0 Å². The fourth-order valence-corrected chi connectivity index (χ4v) is 5.38. The van der Waals surface area contributed by atoms with E-state index in [1.165, 1.54) is 48.2 Å². The Balaban J connectivity index is 1.26. The fraction of sp³-hybridized carbons (Fsp3) is 0.294. The van der Waals surface area contributed by atoms with Gasteiger partial charge in [-0.1, -0.05) is 135 Å². The predicted octanol–water partition coefficient (Wildman–Crippen LogP) is 9.37. The summed E-state index contributed by atoms with van der Waals surface area (Å²) >= 11 is 1.50. The molecule has 3 heteroatoms. The van der Waals surface area contributed by atoms with E-state index in [-0.39, 0.29) is 0 Å². The molecule has 0 heterocycles. The average molecular weight is 511 g/mol. The van der Waals surface area contributed by atoms with Crippen LogP contribution in [0.15, 0.2) is 120 Å². The van der Waals surface area contributed by atoms with E-state index in [2.05, 4.69) is 122 Å². The summed E-state index contributed by atoms with van der Waals surface area (Å²) < 4.78 is 12.7. The number of benzene rings is 4. The molecule has 0 aromatic heterocycles. The van der Waals surface area contributed by atoms with Crippen LogP contribution in [0.2, 0.25) is 0 Å². The van der Waals surface area contributed by atoms with Crippen molar-refractivity contribution in [2.45, 2.75) is 55.9 Å². The van der Waals surface area contributed by atoms with E-state index in [0.717, 1.165) is 42.7 Å². The third kappa shape index (κ3) is 7.58. The van der Waals surface area contributed by atoms with Crippen molar-refractivity contribution in [1.82, 2.24) is 0 Å². The maximum absolute atomic E-state index is 6.88. The summed E-state index contributed by atoms with van der Waals surface area (Å²) in [6.07, 6.45) is 7.00. The van der Waals surface area contributed by atoms with E-state index in [0.29, 0.717) is 0 Å². The normalized spacial score (nSPS) is 11.5. The molecule has 4 aromatic rings. The molecule has 0 amide bonds. The number of aryl methyl sites for hydroxylation is 1. The Bertz CT molecular complexity index is 1070. The van der Waals surface area contributed by atoms with Crippen LogP contribution in [-0.4, -0.2) is 13.2 Å². The number of hydrogen-bond acceptors (Lipinski definition) is 3. The highest BCUT2D eigenvalue weighted by Gasteiger charge is 2.37. The molecule has 0 spiro atoms. The molecule has 4 rings (SSSR count). The minimum absolute atomic E-state index is 0.615. The topological polar surface area (TPSA) is 18.5 Å². The smallest absolute Gasteiger partial charge is 0.143 e. The average Bonchev–Trinajstić information content (AvgIpc) is 2.96. The maximum Gasteiger partial charge on any atom is 0.143 e. The number of ether oxygens (including phenoxy) is 1.